The van der Waals surface area contributed by atoms with E-state index in [2.05, 4.69) is 57.3 Å². The Bertz CT molecular complexity index is 566. The van der Waals surface area contributed by atoms with E-state index in [-0.39, 0.29) is 5.41 Å². The fourth-order valence-electron chi connectivity index (χ4n) is 2.20. The van der Waals surface area contributed by atoms with Gasteiger partial charge >= 0.3 is 0 Å². The summed E-state index contributed by atoms with van der Waals surface area (Å²) in [6.07, 6.45) is 0.972. The lowest BCUT2D eigenvalue weighted by Crippen LogP contribution is -2.17. The summed E-state index contributed by atoms with van der Waals surface area (Å²) in [5.41, 5.74) is 9.97. The molecule has 108 valence electrons. The number of thiazole rings is 1. The van der Waals surface area contributed by atoms with Gasteiger partial charge in [-0.2, -0.15) is 0 Å². The molecule has 2 aromatic rings. The molecule has 2 N–H and O–H groups in total. The van der Waals surface area contributed by atoms with Gasteiger partial charge in [-0.25, -0.2) is 4.98 Å². The second-order valence-electron chi connectivity index (χ2n) is 6.38. The molecule has 0 amide bonds. The van der Waals surface area contributed by atoms with Crippen LogP contribution in [0.4, 0.5) is 0 Å². The first-order valence-electron chi connectivity index (χ1n) is 7.12. The number of rotatable bonds is 4. The molecule has 1 heterocycles. The Morgan fingerprint density at radius 2 is 1.95 bits per heavy atom. The van der Waals surface area contributed by atoms with Gasteiger partial charge in [-0.15, -0.1) is 11.3 Å². The molecule has 0 radical (unpaired) electrons. The predicted octanol–water partition coefficient (Wildman–Crippen LogP) is 4.03. The van der Waals surface area contributed by atoms with Crippen LogP contribution in [0.1, 0.15) is 48.5 Å². The third-order valence-corrected chi connectivity index (χ3v) is 4.66. The van der Waals surface area contributed by atoms with E-state index in [0.29, 0.717) is 12.5 Å². The first kappa shape index (κ1) is 15.2. The lowest BCUT2D eigenvalue weighted by atomic mass is 9.93. The summed E-state index contributed by atoms with van der Waals surface area (Å²) in [5.74, 6) is 0.317. The van der Waals surface area contributed by atoms with Gasteiger partial charge in [0.15, 0.2) is 0 Å². The average Bonchev–Trinajstić information content (AvgIpc) is 2.87. The van der Waals surface area contributed by atoms with Gasteiger partial charge in [0.05, 0.1) is 10.7 Å². The van der Waals surface area contributed by atoms with Gasteiger partial charge in [0.1, 0.15) is 0 Å². The zero-order chi connectivity index (χ0) is 14.8. The number of aromatic nitrogens is 1. The van der Waals surface area contributed by atoms with Crippen molar-refractivity contribution in [2.75, 3.05) is 6.54 Å². The van der Waals surface area contributed by atoms with Gasteiger partial charge < -0.3 is 5.73 Å². The van der Waals surface area contributed by atoms with Gasteiger partial charge in [-0.05, 0) is 24.5 Å². The molecule has 0 aliphatic heterocycles. The molecular weight excluding hydrogens is 264 g/mol. The van der Waals surface area contributed by atoms with Crippen molar-refractivity contribution in [3.05, 3.63) is 51.5 Å². The SMILES string of the molecule is Cc1ccccc1CC(CN)c1nc(C(C)(C)C)cs1. The minimum Gasteiger partial charge on any atom is -0.330 e. The number of nitrogens with zero attached hydrogens (tertiary/aromatic N) is 1. The molecule has 2 rings (SSSR count). The minimum atomic E-state index is 0.108. The summed E-state index contributed by atoms with van der Waals surface area (Å²) < 4.78 is 0. The number of benzene rings is 1. The van der Waals surface area contributed by atoms with E-state index >= 15 is 0 Å². The highest BCUT2D eigenvalue weighted by Crippen LogP contribution is 2.29. The van der Waals surface area contributed by atoms with E-state index in [1.54, 1.807) is 11.3 Å². The highest BCUT2D eigenvalue weighted by molar-refractivity contribution is 7.09. The first-order valence-corrected chi connectivity index (χ1v) is 8.00. The molecule has 1 aromatic heterocycles. The zero-order valence-corrected chi connectivity index (χ0v) is 13.6. The van der Waals surface area contributed by atoms with E-state index in [9.17, 15) is 0 Å². The van der Waals surface area contributed by atoms with E-state index in [1.807, 2.05) is 0 Å². The van der Waals surface area contributed by atoms with E-state index in [0.717, 1.165) is 6.42 Å². The van der Waals surface area contributed by atoms with Gasteiger partial charge in [-0.3, -0.25) is 0 Å². The van der Waals surface area contributed by atoms with Crippen molar-refractivity contribution < 1.29 is 0 Å². The molecule has 0 spiro atoms. The fourth-order valence-corrected chi connectivity index (χ4v) is 3.36. The summed E-state index contributed by atoms with van der Waals surface area (Å²) in [4.78, 5) is 4.82. The van der Waals surface area contributed by atoms with Gasteiger partial charge in [0, 0.05) is 23.3 Å². The number of hydrogen-bond donors (Lipinski definition) is 1. The van der Waals surface area contributed by atoms with Crippen molar-refractivity contribution in [3.8, 4) is 0 Å². The monoisotopic (exact) mass is 288 g/mol. The fraction of sp³-hybridized carbons (Fsp3) is 0.471. The Balaban J connectivity index is 2.21. The second kappa shape index (κ2) is 6.06. The van der Waals surface area contributed by atoms with Crippen LogP contribution < -0.4 is 5.73 Å². The normalized spacial score (nSPS) is 13.4. The molecule has 1 atom stereocenters. The molecule has 1 aromatic carbocycles. The zero-order valence-electron chi connectivity index (χ0n) is 12.8. The van der Waals surface area contributed by atoms with Crippen LogP contribution >= 0.6 is 11.3 Å². The number of nitrogens with two attached hydrogens (primary N) is 1. The molecule has 0 saturated carbocycles. The van der Waals surface area contributed by atoms with Crippen molar-refractivity contribution in [2.24, 2.45) is 5.73 Å². The smallest absolute Gasteiger partial charge is 0.0975 e. The Hall–Kier alpha value is -1.19. The molecule has 0 aliphatic rings. The van der Waals surface area contributed by atoms with E-state index in [1.165, 1.54) is 21.8 Å². The van der Waals surface area contributed by atoms with Crippen LogP contribution in [0.15, 0.2) is 29.6 Å². The van der Waals surface area contributed by atoms with Crippen molar-refractivity contribution in [1.82, 2.24) is 4.98 Å². The van der Waals surface area contributed by atoms with Crippen molar-refractivity contribution >= 4 is 11.3 Å². The molecule has 20 heavy (non-hydrogen) atoms. The summed E-state index contributed by atoms with van der Waals surface area (Å²) >= 11 is 1.74. The molecule has 0 fully saturated rings. The summed E-state index contributed by atoms with van der Waals surface area (Å²) in [7, 11) is 0. The largest absolute Gasteiger partial charge is 0.330 e. The summed E-state index contributed by atoms with van der Waals surface area (Å²) in [5, 5.41) is 3.34. The molecule has 3 heteroatoms. The molecular formula is C17H24N2S. The molecule has 2 nitrogen and oxygen atoms in total. The van der Waals surface area contributed by atoms with Crippen LogP contribution in [0.5, 0.6) is 0 Å². The highest BCUT2D eigenvalue weighted by Gasteiger charge is 2.21. The number of aryl methyl sites for hydroxylation is 1. The van der Waals surface area contributed by atoms with Crippen molar-refractivity contribution in [2.45, 2.75) is 45.4 Å². The Labute approximate surface area is 126 Å². The molecule has 0 bridgehead atoms. The Morgan fingerprint density at radius 1 is 1.25 bits per heavy atom. The van der Waals surface area contributed by atoms with Crippen molar-refractivity contribution in [3.63, 3.8) is 0 Å². The minimum absolute atomic E-state index is 0.108. The topological polar surface area (TPSA) is 38.9 Å². The van der Waals surface area contributed by atoms with Crippen LogP contribution in [0.25, 0.3) is 0 Å². The summed E-state index contributed by atoms with van der Waals surface area (Å²) in [6.45, 7) is 9.40. The first-order chi connectivity index (χ1) is 9.41. The maximum Gasteiger partial charge on any atom is 0.0975 e. The molecule has 0 saturated heterocycles. The Kier molecular flexibility index (Phi) is 4.61. The Morgan fingerprint density at radius 3 is 2.50 bits per heavy atom. The van der Waals surface area contributed by atoms with Gasteiger partial charge in [-0.1, -0.05) is 45.0 Å². The average molecular weight is 288 g/mol. The lowest BCUT2D eigenvalue weighted by molar-refractivity contribution is 0.566. The standard InChI is InChI=1S/C17H24N2S/c1-12-7-5-6-8-13(12)9-14(10-18)16-19-15(11-20-16)17(2,3)4/h5-8,11,14H,9-10,18H2,1-4H3. The van der Waals surface area contributed by atoms with Gasteiger partial charge in [0.25, 0.3) is 0 Å². The third-order valence-electron chi connectivity index (χ3n) is 3.65. The molecule has 1 unspecified atom stereocenters. The quantitative estimate of drug-likeness (QED) is 0.922. The van der Waals surface area contributed by atoms with Gasteiger partial charge in [0.2, 0.25) is 0 Å². The van der Waals surface area contributed by atoms with Crippen molar-refractivity contribution in [1.29, 1.82) is 0 Å². The van der Waals surface area contributed by atoms with E-state index in [4.69, 9.17) is 10.7 Å². The predicted molar refractivity (Wildman–Crippen MR) is 87.5 cm³/mol. The van der Waals surface area contributed by atoms with Crippen LogP contribution in [0.3, 0.4) is 0 Å². The lowest BCUT2D eigenvalue weighted by Gasteiger charge is -2.16. The molecule has 0 aliphatic carbocycles. The van der Waals surface area contributed by atoms with Crippen LogP contribution in [-0.2, 0) is 11.8 Å². The second-order valence-corrected chi connectivity index (χ2v) is 7.27. The van der Waals surface area contributed by atoms with E-state index < -0.39 is 0 Å². The van der Waals surface area contributed by atoms with Crippen LogP contribution in [-0.4, -0.2) is 11.5 Å². The summed E-state index contributed by atoms with van der Waals surface area (Å²) in [6, 6.07) is 8.53. The van der Waals surface area contributed by atoms with Crippen LogP contribution in [0, 0.1) is 6.92 Å². The number of hydrogen-bond acceptors (Lipinski definition) is 3. The highest BCUT2D eigenvalue weighted by atomic mass is 32.1. The maximum absolute atomic E-state index is 5.99. The maximum atomic E-state index is 5.99. The van der Waals surface area contributed by atoms with Crippen LogP contribution in [0.2, 0.25) is 0 Å². The third kappa shape index (κ3) is 3.47.